The van der Waals surface area contributed by atoms with E-state index in [0.29, 0.717) is 36.1 Å². The summed E-state index contributed by atoms with van der Waals surface area (Å²) in [4.78, 5) is 27.8. The predicted octanol–water partition coefficient (Wildman–Crippen LogP) is 6.03. The summed E-state index contributed by atoms with van der Waals surface area (Å²) in [7, 11) is 0. The number of hydrogen-bond donors (Lipinski definition) is 1. The minimum absolute atomic E-state index is 0.00952. The number of nitrogens with zero attached hydrogens (tertiary/aromatic N) is 1. The SMILES string of the molecule is CC(C)CNC(=O)c1ccc(COc2ccc3c(c2)C(c2ccccc2)N(C(=O)c2ccccc2)CC3)o1. The summed E-state index contributed by atoms with van der Waals surface area (Å²) < 4.78 is 11.8. The molecular weight excluding hydrogens is 476 g/mol. The number of carbonyl (C=O) groups is 2. The molecule has 1 aliphatic rings. The molecule has 6 nitrogen and oxygen atoms in total. The van der Waals surface area contributed by atoms with Crippen molar-refractivity contribution >= 4 is 11.8 Å². The zero-order valence-electron chi connectivity index (χ0n) is 21.7. The van der Waals surface area contributed by atoms with Crippen molar-refractivity contribution in [3.63, 3.8) is 0 Å². The Morgan fingerprint density at radius 2 is 1.71 bits per heavy atom. The third-order valence-electron chi connectivity index (χ3n) is 6.68. The number of nitrogens with one attached hydrogen (secondary N) is 1. The Bertz CT molecular complexity index is 1400. The van der Waals surface area contributed by atoms with E-state index in [1.807, 2.05) is 79.4 Å². The van der Waals surface area contributed by atoms with Crippen LogP contribution in [0.3, 0.4) is 0 Å². The van der Waals surface area contributed by atoms with Gasteiger partial charge >= 0.3 is 0 Å². The van der Waals surface area contributed by atoms with Gasteiger partial charge in [-0.2, -0.15) is 0 Å². The third kappa shape index (κ3) is 5.65. The van der Waals surface area contributed by atoms with Gasteiger partial charge in [0.2, 0.25) is 0 Å². The molecule has 0 fully saturated rings. The molecule has 0 saturated carbocycles. The Balaban J connectivity index is 1.37. The maximum absolute atomic E-state index is 13.6. The third-order valence-corrected chi connectivity index (χ3v) is 6.68. The van der Waals surface area contributed by atoms with Crippen LogP contribution in [0.2, 0.25) is 0 Å². The van der Waals surface area contributed by atoms with E-state index in [4.69, 9.17) is 9.15 Å². The molecule has 5 rings (SSSR count). The molecular formula is C32H32N2O4. The van der Waals surface area contributed by atoms with Crippen LogP contribution in [-0.2, 0) is 13.0 Å². The smallest absolute Gasteiger partial charge is 0.287 e. The highest BCUT2D eigenvalue weighted by atomic mass is 16.5. The van der Waals surface area contributed by atoms with Crippen molar-refractivity contribution in [2.75, 3.05) is 13.1 Å². The maximum Gasteiger partial charge on any atom is 0.287 e. The first-order valence-corrected chi connectivity index (χ1v) is 13.0. The molecule has 2 heterocycles. The molecule has 38 heavy (non-hydrogen) atoms. The van der Waals surface area contributed by atoms with Crippen molar-refractivity contribution in [1.29, 1.82) is 0 Å². The molecule has 1 aromatic heterocycles. The Hall–Kier alpha value is -4.32. The van der Waals surface area contributed by atoms with Crippen LogP contribution in [0, 0.1) is 5.92 Å². The molecule has 0 bridgehead atoms. The van der Waals surface area contributed by atoms with Crippen LogP contribution in [0.4, 0.5) is 0 Å². The second-order valence-corrected chi connectivity index (χ2v) is 9.95. The van der Waals surface area contributed by atoms with Gasteiger partial charge in [-0.3, -0.25) is 9.59 Å². The van der Waals surface area contributed by atoms with Crippen molar-refractivity contribution in [3.8, 4) is 5.75 Å². The summed E-state index contributed by atoms with van der Waals surface area (Å²) in [6.07, 6.45) is 0.768. The van der Waals surface area contributed by atoms with E-state index in [2.05, 4.69) is 23.5 Å². The zero-order valence-corrected chi connectivity index (χ0v) is 21.7. The van der Waals surface area contributed by atoms with Crippen LogP contribution >= 0.6 is 0 Å². The monoisotopic (exact) mass is 508 g/mol. The molecule has 6 heteroatoms. The lowest BCUT2D eigenvalue weighted by Crippen LogP contribution is -2.40. The average molecular weight is 509 g/mol. The van der Waals surface area contributed by atoms with Gasteiger partial charge < -0.3 is 19.4 Å². The number of furan rings is 1. The lowest BCUT2D eigenvalue weighted by Gasteiger charge is -2.38. The van der Waals surface area contributed by atoms with Crippen molar-refractivity contribution in [2.24, 2.45) is 5.92 Å². The van der Waals surface area contributed by atoms with Crippen LogP contribution < -0.4 is 10.1 Å². The fourth-order valence-corrected chi connectivity index (χ4v) is 4.76. The molecule has 0 spiro atoms. The Morgan fingerprint density at radius 1 is 0.974 bits per heavy atom. The lowest BCUT2D eigenvalue weighted by molar-refractivity contribution is 0.0694. The van der Waals surface area contributed by atoms with Gasteiger partial charge in [0.15, 0.2) is 5.76 Å². The average Bonchev–Trinajstić information content (AvgIpc) is 3.44. The summed E-state index contributed by atoms with van der Waals surface area (Å²) >= 11 is 0. The Kier molecular flexibility index (Phi) is 7.59. The molecule has 1 atom stereocenters. The first-order chi connectivity index (χ1) is 18.5. The highest BCUT2D eigenvalue weighted by Crippen LogP contribution is 2.38. The normalized spacial score (nSPS) is 14.7. The fraction of sp³-hybridized carbons (Fsp3) is 0.250. The summed E-state index contributed by atoms with van der Waals surface area (Å²) in [6.45, 7) is 5.50. The first-order valence-electron chi connectivity index (χ1n) is 13.0. The van der Waals surface area contributed by atoms with Gasteiger partial charge in [0, 0.05) is 18.7 Å². The zero-order chi connectivity index (χ0) is 26.5. The second-order valence-electron chi connectivity index (χ2n) is 9.95. The van der Waals surface area contributed by atoms with Crippen molar-refractivity contribution in [1.82, 2.24) is 10.2 Å². The van der Waals surface area contributed by atoms with E-state index < -0.39 is 0 Å². The van der Waals surface area contributed by atoms with Gasteiger partial charge in [-0.1, -0.05) is 68.4 Å². The Morgan fingerprint density at radius 3 is 2.45 bits per heavy atom. The largest absolute Gasteiger partial charge is 0.486 e. The molecule has 1 aliphatic heterocycles. The van der Waals surface area contributed by atoms with Crippen LogP contribution in [0.5, 0.6) is 5.75 Å². The minimum Gasteiger partial charge on any atom is -0.486 e. The van der Waals surface area contributed by atoms with Gasteiger partial charge in [0.1, 0.15) is 18.1 Å². The van der Waals surface area contributed by atoms with E-state index in [-0.39, 0.29) is 30.2 Å². The van der Waals surface area contributed by atoms with Crippen molar-refractivity contribution in [2.45, 2.75) is 32.9 Å². The molecule has 0 saturated heterocycles. The van der Waals surface area contributed by atoms with Crippen LogP contribution in [0.25, 0.3) is 0 Å². The molecule has 0 radical (unpaired) electrons. The van der Waals surface area contributed by atoms with Crippen molar-refractivity contribution < 1.29 is 18.7 Å². The van der Waals surface area contributed by atoms with E-state index in [1.54, 1.807) is 12.1 Å². The molecule has 3 aromatic carbocycles. The lowest BCUT2D eigenvalue weighted by atomic mass is 9.87. The van der Waals surface area contributed by atoms with Gasteiger partial charge in [-0.15, -0.1) is 0 Å². The predicted molar refractivity (Wildman–Crippen MR) is 146 cm³/mol. The highest BCUT2D eigenvalue weighted by Gasteiger charge is 2.33. The van der Waals surface area contributed by atoms with E-state index >= 15 is 0 Å². The van der Waals surface area contributed by atoms with Crippen LogP contribution in [-0.4, -0.2) is 29.8 Å². The van der Waals surface area contributed by atoms with E-state index in [9.17, 15) is 9.59 Å². The van der Waals surface area contributed by atoms with Crippen molar-refractivity contribution in [3.05, 3.63) is 125 Å². The number of ether oxygens (including phenoxy) is 1. The number of hydrogen-bond acceptors (Lipinski definition) is 4. The Labute approximate surface area is 223 Å². The molecule has 4 aromatic rings. The van der Waals surface area contributed by atoms with E-state index in [0.717, 1.165) is 17.5 Å². The number of amides is 2. The minimum atomic E-state index is -0.229. The summed E-state index contributed by atoms with van der Waals surface area (Å²) in [5.41, 5.74) is 3.98. The van der Waals surface area contributed by atoms with Gasteiger partial charge in [-0.05, 0) is 65.4 Å². The quantitative estimate of drug-likeness (QED) is 0.315. The van der Waals surface area contributed by atoms with Gasteiger partial charge in [-0.25, -0.2) is 0 Å². The van der Waals surface area contributed by atoms with Crippen LogP contribution in [0.1, 0.15) is 63.3 Å². The highest BCUT2D eigenvalue weighted by molar-refractivity contribution is 5.95. The van der Waals surface area contributed by atoms with Crippen LogP contribution in [0.15, 0.2) is 95.4 Å². The molecule has 1 unspecified atom stereocenters. The topological polar surface area (TPSA) is 71.8 Å². The molecule has 194 valence electrons. The second kappa shape index (κ2) is 11.4. The van der Waals surface area contributed by atoms with Gasteiger partial charge in [0.25, 0.3) is 11.8 Å². The molecule has 1 N–H and O–H groups in total. The molecule has 2 amide bonds. The van der Waals surface area contributed by atoms with E-state index in [1.165, 1.54) is 5.56 Å². The maximum atomic E-state index is 13.6. The number of rotatable bonds is 8. The standard InChI is InChI=1S/C32H32N2O4/c1-22(2)20-33-31(35)29-16-15-27(38-29)21-37-26-14-13-23-17-18-34(32(36)25-11-7-4-8-12-25)30(28(23)19-26)24-9-5-3-6-10-24/h3-16,19,22,30H,17-18,20-21H2,1-2H3,(H,33,35). The number of carbonyl (C=O) groups excluding carboxylic acids is 2. The summed E-state index contributed by atoms with van der Waals surface area (Å²) in [5, 5.41) is 2.86. The summed E-state index contributed by atoms with van der Waals surface area (Å²) in [5.74, 6) is 1.66. The molecule has 0 aliphatic carbocycles. The van der Waals surface area contributed by atoms with Gasteiger partial charge in [0.05, 0.1) is 6.04 Å². The first kappa shape index (κ1) is 25.3. The fourth-order valence-electron chi connectivity index (χ4n) is 4.76. The number of benzene rings is 3. The summed E-state index contributed by atoms with van der Waals surface area (Å²) in [6, 6.07) is 28.8. The number of fused-ring (bicyclic) bond motifs is 1.